The fraction of sp³-hybridized carbons (Fsp3) is 0.529. The van der Waals surface area contributed by atoms with E-state index in [0.717, 1.165) is 57.4 Å². The van der Waals surface area contributed by atoms with Gasteiger partial charge in [-0.15, -0.1) is 6.58 Å². The first-order chi connectivity index (χ1) is 21.1. The number of hydrogen-bond acceptors (Lipinski definition) is 6. The fourth-order valence-electron chi connectivity index (χ4n) is 6.99. The molecule has 2 amide bonds. The van der Waals surface area contributed by atoms with Gasteiger partial charge in [0.25, 0.3) is 5.69 Å². The van der Waals surface area contributed by atoms with E-state index in [9.17, 15) is 24.8 Å². The van der Waals surface area contributed by atoms with Crippen LogP contribution in [0.15, 0.2) is 67.3 Å². The average molecular weight is 606 g/mol. The van der Waals surface area contributed by atoms with Crippen molar-refractivity contribution in [2.24, 2.45) is 11.8 Å². The molecule has 0 spiro atoms. The number of carbonyl (C=O) groups is 2. The Hall–Kier alpha value is -3.76. The number of aliphatic carboxylic acids is 1. The predicted molar refractivity (Wildman–Crippen MR) is 171 cm³/mol. The molecule has 1 aliphatic carbocycles. The van der Waals surface area contributed by atoms with Crippen LogP contribution in [0.1, 0.15) is 56.6 Å². The molecule has 0 bridgehead atoms. The Morgan fingerprint density at radius 3 is 2.36 bits per heavy atom. The van der Waals surface area contributed by atoms with Crippen molar-refractivity contribution in [1.82, 2.24) is 20.0 Å². The van der Waals surface area contributed by atoms with Crippen LogP contribution in [0, 0.1) is 22.0 Å². The van der Waals surface area contributed by atoms with Gasteiger partial charge in [-0.25, -0.2) is 4.79 Å². The molecule has 3 atom stereocenters. The van der Waals surface area contributed by atoms with E-state index >= 15 is 0 Å². The number of piperidine rings is 1. The van der Waals surface area contributed by atoms with Crippen LogP contribution in [-0.2, 0) is 11.3 Å². The summed E-state index contributed by atoms with van der Waals surface area (Å²) in [5, 5.41) is 23.5. The maximum absolute atomic E-state index is 13.2. The minimum absolute atomic E-state index is 0.0245. The van der Waals surface area contributed by atoms with E-state index in [4.69, 9.17) is 0 Å². The number of nitro groups is 1. The molecule has 10 nitrogen and oxygen atoms in total. The van der Waals surface area contributed by atoms with Gasteiger partial charge in [0, 0.05) is 63.5 Å². The van der Waals surface area contributed by atoms with E-state index < -0.39 is 10.9 Å². The lowest BCUT2D eigenvalue weighted by atomic mass is 9.88. The first-order valence-electron chi connectivity index (χ1n) is 15.8. The number of carboxylic acid groups (broad SMARTS) is 1. The van der Waals surface area contributed by atoms with Crippen LogP contribution in [-0.4, -0.2) is 88.1 Å². The summed E-state index contributed by atoms with van der Waals surface area (Å²) in [6, 6.07) is 17.0. The van der Waals surface area contributed by atoms with E-state index in [1.807, 2.05) is 11.0 Å². The van der Waals surface area contributed by atoms with Crippen molar-refractivity contribution >= 4 is 17.7 Å². The zero-order valence-corrected chi connectivity index (χ0v) is 26.0. The normalized spacial score (nSPS) is 21.0. The molecule has 10 heteroatoms. The van der Waals surface area contributed by atoms with E-state index in [2.05, 4.69) is 59.8 Å². The minimum atomic E-state index is -0.770. The Bertz CT molecular complexity index is 1250. The maximum Gasteiger partial charge on any atom is 0.318 e. The number of benzene rings is 2. The molecule has 0 radical (unpaired) electrons. The maximum atomic E-state index is 13.2. The van der Waals surface area contributed by atoms with Crippen LogP contribution in [0.5, 0.6) is 0 Å². The molecule has 238 valence electrons. The number of urea groups is 1. The van der Waals surface area contributed by atoms with Crippen LogP contribution >= 0.6 is 0 Å². The van der Waals surface area contributed by atoms with Crippen LogP contribution < -0.4 is 5.32 Å². The quantitative estimate of drug-likeness (QED) is 0.169. The molecule has 2 fully saturated rings. The first kappa shape index (κ1) is 33.1. The summed E-state index contributed by atoms with van der Waals surface area (Å²) in [7, 11) is 0. The van der Waals surface area contributed by atoms with Crippen molar-refractivity contribution in [1.29, 1.82) is 0 Å². The highest BCUT2D eigenvalue weighted by molar-refractivity contribution is 5.74. The third-order valence-electron chi connectivity index (χ3n) is 9.02. The van der Waals surface area contributed by atoms with Gasteiger partial charge in [0.05, 0.1) is 11.5 Å². The standard InChI is InChI=1S/C34H47N5O5/c1-4-16-38(34(42)35-21-26-10-12-30(13-11-26)39(43)44)29-14-17-36(18-15-29)23-28-19-31(37(22-25(2)3)24-33(40)41)20-32(28)27-8-6-5-7-9-27/h4-13,25,28-29,31-32H,1,14-24H2,2-3H3,(H,35,42)(H,40,41). The summed E-state index contributed by atoms with van der Waals surface area (Å²) >= 11 is 0. The monoisotopic (exact) mass is 605 g/mol. The molecule has 0 aromatic heterocycles. The largest absolute Gasteiger partial charge is 0.480 e. The van der Waals surface area contributed by atoms with Crippen molar-refractivity contribution in [3.63, 3.8) is 0 Å². The van der Waals surface area contributed by atoms with Crippen LogP contribution in [0.2, 0.25) is 0 Å². The van der Waals surface area contributed by atoms with Gasteiger partial charge in [0.1, 0.15) is 0 Å². The summed E-state index contributed by atoms with van der Waals surface area (Å²) in [6.45, 7) is 12.5. The zero-order chi connectivity index (χ0) is 31.6. The van der Waals surface area contributed by atoms with Crippen molar-refractivity contribution in [2.75, 3.05) is 39.3 Å². The van der Waals surface area contributed by atoms with Gasteiger partial charge in [-0.2, -0.15) is 0 Å². The molecule has 2 N–H and O–H groups in total. The molecular weight excluding hydrogens is 558 g/mol. The number of nitrogens with zero attached hydrogens (tertiary/aromatic N) is 4. The number of carboxylic acids is 1. The van der Waals surface area contributed by atoms with Crippen molar-refractivity contribution < 1.29 is 19.6 Å². The molecule has 3 unspecified atom stereocenters. The molecule has 1 aliphatic heterocycles. The fourth-order valence-corrected chi connectivity index (χ4v) is 6.99. The topological polar surface area (TPSA) is 119 Å². The average Bonchev–Trinajstić information content (AvgIpc) is 3.42. The molecule has 44 heavy (non-hydrogen) atoms. The van der Waals surface area contributed by atoms with Gasteiger partial charge >= 0.3 is 12.0 Å². The number of amides is 2. The zero-order valence-electron chi connectivity index (χ0n) is 26.0. The van der Waals surface area contributed by atoms with Crippen LogP contribution in [0.3, 0.4) is 0 Å². The summed E-state index contributed by atoms with van der Waals surface area (Å²) in [6.07, 6.45) is 5.42. The highest BCUT2D eigenvalue weighted by Gasteiger charge is 2.40. The lowest BCUT2D eigenvalue weighted by Gasteiger charge is -2.39. The van der Waals surface area contributed by atoms with Crippen LogP contribution in [0.4, 0.5) is 10.5 Å². The minimum Gasteiger partial charge on any atom is -0.480 e. The van der Waals surface area contributed by atoms with Gasteiger partial charge in [-0.05, 0) is 54.6 Å². The SMILES string of the molecule is C=CCN(C(=O)NCc1ccc([N+](=O)[O-])cc1)C1CCN(CC2CC(N(CC(=O)O)CC(C)C)CC2c2ccccc2)CC1. The Morgan fingerprint density at radius 2 is 1.77 bits per heavy atom. The predicted octanol–water partition coefficient (Wildman–Crippen LogP) is 5.36. The molecule has 1 saturated carbocycles. The van der Waals surface area contributed by atoms with Gasteiger partial charge in [0.15, 0.2) is 0 Å². The van der Waals surface area contributed by atoms with Gasteiger partial charge < -0.3 is 20.2 Å². The Kier molecular flexibility index (Phi) is 11.9. The smallest absolute Gasteiger partial charge is 0.318 e. The van der Waals surface area contributed by atoms with Crippen molar-refractivity contribution in [2.45, 2.75) is 64.1 Å². The summed E-state index contributed by atoms with van der Waals surface area (Å²) in [4.78, 5) is 41.9. The van der Waals surface area contributed by atoms with E-state index in [1.165, 1.54) is 17.7 Å². The Labute approximate surface area is 260 Å². The summed E-state index contributed by atoms with van der Waals surface area (Å²) in [5.41, 5.74) is 2.16. The lowest BCUT2D eigenvalue weighted by Crippen LogP contribution is -2.51. The number of non-ortho nitro benzene ring substituents is 1. The lowest BCUT2D eigenvalue weighted by molar-refractivity contribution is -0.384. The molecule has 2 aromatic carbocycles. The number of likely N-dealkylation sites (tertiary alicyclic amines) is 1. The second kappa shape index (κ2) is 15.8. The third kappa shape index (κ3) is 9.12. The molecule has 1 saturated heterocycles. The molecule has 2 aliphatic rings. The summed E-state index contributed by atoms with van der Waals surface area (Å²) < 4.78 is 0. The number of nitro benzene ring substituents is 1. The molecule has 1 heterocycles. The number of hydrogen-bond donors (Lipinski definition) is 2. The highest BCUT2D eigenvalue weighted by Crippen LogP contribution is 2.42. The van der Waals surface area contributed by atoms with Crippen LogP contribution in [0.25, 0.3) is 0 Å². The molecule has 2 aromatic rings. The Balaban J connectivity index is 1.36. The van der Waals surface area contributed by atoms with Crippen molar-refractivity contribution in [3.05, 3.63) is 88.5 Å². The van der Waals surface area contributed by atoms with Gasteiger partial charge in [-0.1, -0.05) is 62.4 Å². The molecular formula is C34H47N5O5. The van der Waals surface area contributed by atoms with E-state index in [0.29, 0.717) is 30.8 Å². The first-order valence-corrected chi connectivity index (χ1v) is 15.8. The second-order valence-electron chi connectivity index (χ2n) is 12.7. The Morgan fingerprint density at radius 1 is 1.09 bits per heavy atom. The van der Waals surface area contributed by atoms with Crippen molar-refractivity contribution in [3.8, 4) is 0 Å². The molecule has 4 rings (SSSR count). The number of rotatable bonds is 14. The van der Waals surface area contributed by atoms with E-state index in [-0.39, 0.29) is 30.3 Å². The second-order valence-corrected chi connectivity index (χ2v) is 12.7. The van der Waals surface area contributed by atoms with E-state index in [1.54, 1.807) is 18.2 Å². The number of nitrogens with one attached hydrogen (secondary N) is 1. The highest BCUT2D eigenvalue weighted by atomic mass is 16.6. The number of carbonyl (C=O) groups excluding carboxylic acids is 1. The van der Waals surface area contributed by atoms with Gasteiger partial charge in [-0.3, -0.25) is 19.8 Å². The summed E-state index contributed by atoms with van der Waals surface area (Å²) in [5.74, 6) is 0.433. The third-order valence-corrected chi connectivity index (χ3v) is 9.02. The van der Waals surface area contributed by atoms with Gasteiger partial charge in [0.2, 0.25) is 0 Å².